The third-order valence-electron chi connectivity index (χ3n) is 4.07. The summed E-state index contributed by atoms with van der Waals surface area (Å²) in [4.78, 5) is 24.2. The van der Waals surface area contributed by atoms with Crippen molar-refractivity contribution in [2.24, 2.45) is 0 Å². The Hall–Kier alpha value is -2.27. The van der Waals surface area contributed by atoms with Crippen LogP contribution in [0.15, 0.2) is 48.5 Å². The molecule has 0 spiro atoms. The summed E-state index contributed by atoms with van der Waals surface area (Å²) in [6.07, 6.45) is 2.11. The zero-order chi connectivity index (χ0) is 17.6. The maximum Gasteiger partial charge on any atom is 0.251 e. The molecule has 1 aliphatic carbocycles. The Bertz CT molecular complexity index is 772. The molecule has 0 saturated heterocycles. The Morgan fingerprint density at radius 2 is 1.92 bits per heavy atom. The molecular weight excluding hydrogens is 332 g/mol. The first-order valence-electron chi connectivity index (χ1n) is 8.45. The highest BCUT2D eigenvalue weighted by molar-refractivity contribution is 7.99. The van der Waals surface area contributed by atoms with Crippen LogP contribution in [0, 0.1) is 6.92 Å². The molecule has 0 bridgehead atoms. The summed E-state index contributed by atoms with van der Waals surface area (Å²) >= 11 is 1.58. The SMILES string of the molecule is Cc1ccccc1CSCC(=O)Nc1cccc(C(=O)NC2CC2)c1. The van der Waals surface area contributed by atoms with Crippen LogP contribution in [0.4, 0.5) is 5.69 Å². The highest BCUT2D eigenvalue weighted by atomic mass is 32.2. The van der Waals surface area contributed by atoms with Gasteiger partial charge in [0.25, 0.3) is 5.91 Å². The Balaban J connectivity index is 1.49. The number of rotatable bonds is 7. The van der Waals surface area contributed by atoms with Gasteiger partial charge in [-0.3, -0.25) is 9.59 Å². The minimum absolute atomic E-state index is 0.0571. The van der Waals surface area contributed by atoms with Crippen molar-refractivity contribution in [3.63, 3.8) is 0 Å². The van der Waals surface area contributed by atoms with E-state index in [4.69, 9.17) is 0 Å². The second-order valence-electron chi connectivity index (χ2n) is 6.30. The van der Waals surface area contributed by atoms with E-state index in [0.29, 0.717) is 23.0 Å². The summed E-state index contributed by atoms with van der Waals surface area (Å²) in [5.41, 5.74) is 3.73. The van der Waals surface area contributed by atoms with Gasteiger partial charge in [0, 0.05) is 23.0 Å². The number of anilines is 1. The zero-order valence-corrected chi connectivity index (χ0v) is 15.1. The lowest BCUT2D eigenvalue weighted by molar-refractivity contribution is -0.113. The third kappa shape index (κ3) is 5.36. The summed E-state index contributed by atoms with van der Waals surface area (Å²) in [5, 5.41) is 5.82. The number of hydrogen-bond donors (Lipinski definition) is 2. The van der Waals surface area contributed by atoms with Gasteiger partial charge in [-0.2, -0.15) is 0 Å². The molecule has 5 heteroatoms. The minimum Gasteiger partial charge on any atom is -0.349 e. The number of thioether (sulfide) groups is 1. The van der Waals surface area contributed by atoms with Crippen LogP contribution in [0.1, 0.15) is 34.3 Å². The summed E-state index contributed by atoms with van der Waals surface area (Å²) in [5.74, 6) is 1.06. The fraction of sp³-hybridized carbons (Fsp3) is 0.300. The van der Waals surface area contributed by atoms with Crippen molar-refractivity contribution in [1.29, 1.82) is 0 Å². The largest absolute Gasteiger partial charge is 0.349 e. The number of benzene rings is 2. The molecule has 2 aromatic carbocycles. The van der Waals surface area contributed by atoms with Crippen molar-refractivity contribution >= 4 is 29.3 Å². The van der Waals surface area contributed by atoms with E-state index in [-0.39, 0.29) is 11.8 Å². The van der Waals surface area contributed by atoms with E-state index in [0.717, 1.165) is 18.6 Å². The van der Waals surface area contributed by atoms with Gasteiger partial charge in [-0.15, -0.1) is 11.8 Å². The number of amides is 2. The number of aryl methyl sites for hydroxylation is 1. The second-order valence-corrected chi connectivity index (χ2v) is 7.28. The van der Waals surface area contributed by atoms with Crippen molar-refractivity contribution in [3.8, 4) is 0 Å². The van der Waals surface area contributed by atoms with E-state index in [1.165, 1.54) is 11.1 Å². The standard InChI is InChI=1S/C20H22N2O2S/c1-14-5-2-3-6-16(14)12-25-13-19(23)21-18-8-4-7-15(11-18)20(24)22-17-9-10-17/h2-8,11,17H,9-10,12-13H2,1H3,(H,21,23)(H,22,24). The summed E-state index contributed by atoms with van der Waals surface area (Å²) in [6, 6.07) is 15.6. The molecule has 0 unspecified atom stereocenters. The summed E-state index contributed by atoms with van der Waals surface area (Å²) < 4.78 is 0. The molecule has 1 aliphatic rings. The van der Waals surface area contributed by atoms with E-state index in [1.54, 1.807) is 36.0 Å². The van der Waals surface area contributed by atoms with Crippen LogP contribution in [-0.2, 0) is 10.5 Å². The summed E-state index contributed by atoms with van der Waals surface area (Å²) in [6.45, 7) is 2.08. The second kappa shape index (κ2) is 8.21. The van der Waals surface area contributed by atoms with Crippen LogP contribution in [0.25, 0.3) is 0 Å². The zero-order valence-electron chi connectivity index (χ0n) is 14.2. The minimum atomic E-state index is -0.0764. The average Bonchev–Trinajstić information content (AvgIpc) is 3.41. The predicted octanol–water partition coefficient (Wildman–Crippen LogP) is 3.76. The Morgan fingerprint density at radius 3 is 2.68 bits per heavy atom. The highest BCUT2D eigenvalue weighted by Crippen LogP contribution is 2.20. The Kier molecular flexibility index (Phi) is 5.76. The monoisotopic (exact) mass is 354 g/mol. The van der Waals surface area contributed by atoms with Crippen LogP contribution in [0.5, 0.6) is 0 Å². The fourth-order valence-corrected chi connectivity index (χ4v) is 3.36. The molecule has 1 fully saturated rings. The quantitative estimate of drug-likeness (QED) is 0.796. The van der Waals surface area contributed by atoms with Gasteiger partial charge in [0.15, 0.2) is 0 Å². The van der Waals surface area contributed by atoms with Gasteiger partial charge in [-0.25, -0.2) is 0 Å². The molecule has 1 saturated carbocycles. The average molecular weight is 354 g/mol. The predicted molar refractivity (Wildman–Crippen MR) is 103 cm³/mol. The first-order chi connectivity index (χ1) is 12.1. The lowest BCUT2D eigenvalue weighted by atomic mass is 10.1. The van der Waals surface area contributed by atoms with Crippen molar-refractivity contribution in [3.05, 3.63) is 65.2 Å². The topological polar surface area (TPSA) is 58.2 Å². The smallest absolute Gasteiger partial charge is 0.251 e. The molecule has 0 heterocycles. The van der Waals surface area contributed by atoms with Gasteiger partial charge in [0.05, 0.1) is 5.75 Å². The van der Waals surface area contributed by atoms with E-state index in [2.05, 4.69) is 29.7 Å². The van der Waals surface area contributed by atoms with Crippen LogP contribution in [-0.4, -0.2) is 23.6 Å². The Labute approximate surface area is 152 Å². The molecule has 0 aliphatic heterocycles. The number of hydrogen-bond acceptors (Lipinski definition) is 3. The molecule has 3 rings (SSSR count). The third-order valence-corrected chi connectivity index (χ3v) is 5.05. The molecule has 2 N–H and O–H groups in total. The molecule has 25 heavy (non-hydrogen) atoms. The van der Waals surface area contributed by atoms with Gasteiger partial charge in [0.2, 0.25) is 5.91 Å². The Morgan fingerprint density at radius 1 is 1.12 bits per heavy atom. The first-order valence-corrected chi connectivity index (χ1v) is 9.60. The number of carbonyl (C=O) groups excluding carboxylic acids is 2. The normalized spacial score (nSPS) is 13.3. The van der Waals surface area contributed by atoms with E-state index in [9.17, 15) is 9.59 Å². The molecule has 4 nitrogen and oxygen atoms in total. The molecule has 0 radical (unpaired) electrons. The number of carbonyl (C=O) groups is 2. The maximum absolute atomic E-state index is 12.1. The molecule has 2 aromatic rings. The van der Waals surface area contributed by atoms with Crippen molar-refractivity contribution in [1.82, 2.24) is 5.32 Å². The van der Waals surface area contributed by atoms with Crippen molar-refractivity contribution in [2.45, 2.75) is 31.6 Å². The molecule has 2 amide bonds. The van der Waals surface area contributed by atoms with Crippen LogP contribution in [0.2, 0.25) is 0 Å². The molecule has 130 valence electrons. The van der Waals surface area contributed by atoms with Gasteiger partial charge in [-0.1, -0.05) is 30.3 Å². The lowest BCUT2D eigenvalue weighted by Gasteiger charge is -2.08. The molecule has 0 atom stereocenters. The van der Waals surface area contributed by atoms with Crippen LogP contribution in [0.3, 0.4) is 0 Å². The maximum atomic E-state index is 12.1. The van der Waals surface area contributed by atoms with Crippen molar-refractivity contribution in [2.75, 3.05) is 11.1 Å². The summed E-state index contributed by atoms with van der Waals surface area (Å²) in [7, 11) is 0. The van der Waals surface area contributed by atoms with Crippen LogP contribution < -0.4 is 10.6 Å². The van der Waals surface area contributed by atoms with Gasteiger partial charge in [0.1, 0.15) is 0 Å². The molecular formula is C20H22N2O2S. The first kappa shape index (κ1) is 17.5. The van der Waals surface area contributed by atoms with E-state index in [1.807, 2.05) is 12.1 Å². The van der Waals surface area contributed by atoms with Crippen LogP contribution >= 0.6 is 11.8 Å². The van der Waals surface area contributed by atoms with Gasteiger partial charge < -0.3 is 10.6 Å². The van der Waals surface area contributed by atoms with E-state index < -0.39 is 0 Å². The lowest BCUT2D eigenvalue weighted by Crippen LogP contribution is -2.25. The van der Waals surface area contributed by atoms with Gasteiger partial charge in [-0.05, 0) is 49.1 Å². The van der Waals surface area contributed by atoms with Gasteiger partial charge >= 0.3 is 0 Å². The van der Waals surface area contributed by atoms with Crippen molar-refractivity contribution < 1.29 is 9.59 Å². The molecule has 0 aromatic heterocycles. The number of nitrogens with one attached hydrogen (secondary N) is 2. The fourth-order valence-electron chi connectivity index (χ4n) is 2.46. The highest BCUT2D eigenvalue weighted by Gasteiger charge is 2.23. The van der Waals surface area contributed by atoms with E-state index >= 15 is 0 Å².